The van der Waals surface area contributed by atoms with Gasteiger partial charge >= 0.3 is 0 Å². The van der Waals surface area contributed by atoms with Gasteiger partial charge in [-0.05, 0) is 48.9 Å². The Balaban J connectivity index is 0.00000320. The molecule has 1 unspecified atom stereocenters. The number of rotatable bonds is 8. The summed E-state index contributed by atoms with van der Waals surface area (Å²) in [7, 11) is 3.27. The number of guanidine groups is 1. The van der Waals surface area contributed by atoms with Crippen LogP contribution in [0.25, 0.3) is 0 Å². The summed E-state index contributed by atoms with van der Waals surface area (Å²) in [6.07, 6.45) is 6.64. The van der Waals surface area contributed by atoms with Crippen molar-refractivity contribution in [3.63, 3.8) is 0 Å². The number of ether oxygens (including phenoxy) is 2. The number of halogens is 1. The molecule has 1 atom stereocenters. The zero-order valence-corrected chi connectivity index (χ0v) is 19.9. The lowest BCUT2D eigenvalue weighted by molar-refractivity contribution is 0.354. The summed E-state index contributed by atoms with van der Waals surface area (Å²) in [5.41, 5.74) is 7.21. The molecule has 0 bridgehead atoms. The number of methoxy groups -OCH3 is 2. The van der Waals surface area contributed by atoms with Gasteiger partial charge in [0, 0.05) is 38.6 Å². The minimum atomic E-state index is 0. The van der Waals surface area contributed by atoms with Crippen LogP contribution in [0.3, 0.4) is 0 Å². The van der Waals surface area contributed by atoms with Crippen molar-refractivity contribution >= 4 is 35.9 Å². The van der Waals surface area contributed by atoms with Crippen LogP contribution in [0.1, 0.15) is 18.4 Å². The van der Waals surface area contributed by atoms with Crippen LogP contribution in [0.5, 0.6) is 11.5 Å². The van der Waals surface area contributed by atoms with Crippen LogP contribution in [0.15, 0.2) is 41.7 Å². The predicted octanol–water partition coefficient (Wildman–Crippen LogP) is 2.48. The quantitative estimate of drug-likeness (QED) is 0.310. The number of piperidine rings is 1. The lowest BCUT2D eigenvalue weighted by atomic mass is 9.98. The summed E-state index contributed by atoms with van der Waals surface area (Å²) in [6.45, 7) is 3.31. The third-order valence-electron chi connectivity index (χ3n) is 5.04. The summed E-state index contributed by atoms with van der Waals surface area (Å²) >= 11 is 0. The first-order chi connectivity index (χ1) is 14.2. The molecule has 1 aromatic heterocycles. The fourth-order valence-electron chi connectivity index (χ4n) is 3.50. The van der Waals surface area contributed by atoms with Gasteiger partial charge in [-0.1, -0.05) is 6.07 Å². The number of benzene rings is 1. The summed E-state index contributed by atoms with van der Waals surface area (Å²) in [5, 5.41) is 3.20. The Hall–Kier alpha value is -2.30. The highest BCUT2D eigenvalue weighted by Crippen LogP contribution is 2.27. The smallest absolute Gasteiger partial charge is 0.225 e. The van der Waals surface area contributed by atoms with E-state index in [-0.39, 0.29) is 24.0 Å². The molecule has 2 aromatic rings. The Bertz CT molecular complexity index is 805. The highest BCUT2D eigenvalue weighted by atomic mass is 127. The Morgan fingerprint density at radius 1 is 1.23 bits per heavy atom. The zero-order chi connectivity index (χ0) is 20.5. The molecule has 8 nitrogen and oxygen atoms in total. The van der Waals surface area contributed by atoms with Crippen LogP contribution >= 0.6 is 24.0 Å². The van der Waals surface area contributed by atoms with E-state index in [1.165, 1.54) is 0 Å². The Kier molecular flexibility index (Phi) is 9.92. The van der Waals surface area contributed by atoms with Crippen molar-refractivity contribution in [2.24, 2.45) is 16.6 Å². The third-order valence-corrected chi connectivity index (χ3v) is 5.04. The third kappa shape index (κ3) is 6.89. The van der Waals surface area contributed by atoms with Gasteiger partial charge in [-0.2, -0.15) is 0 Å². The summed E-state index contributed by atoms with van der Waals surface area (Å²) in [6, 6.07) is 7.76. The fraction of sp³-hybridized carbons (Fsp3) is 0.476. The minimum Gasteiger partial charge on any atom is -0.493 e. The molecule has 0 radical (unpaired) electrons. The topological polar surface area (TPSA) is 97.9 Å². The Morgan fingerprint density at radius 3 is 2.73 bits per heavy atom. The van der Waals surface area contributed by atoms with Crippen molar-refractivity contribution in [1.29, 1.82) is 0 Å². The second-order valence-corrected chi connectivity index (χ2v) is 7.10. The maximum atomic E-state index is 6.06. The Morgan fingerprint density at radius 2 is 2.00 bits per heavy atom. The van der Waals surface area contributed by atoms with Crippen molar-refractivity contribution in [2.75, 3.05) is 45.3 Å². The molecule has 1 aliphatic rings. The molecule has 3 rings (SSSR count). The fourth-order valence-corrected chi connectivity index (χ4v) is 3.50. The van der Waals surface area contributed by atoms with Gasteiger partial charge < -0.3 is 25.4 Å². The SMILES string of the molecule is COc1ccc(CCNC(N)=NCC2CCCN(c3ncccn3)C2)cc1OC.I. The van der Waals surface area contributed by atoms with E-state index in [2.05, 4.69) is 25.2 Å². The number of aliphatic imine (C=N–C) groups is 1. The van der Waals surface area contributed by atoms with E-state index in [9.17, 15) is 0 Å². The van der Waals surface area contributed by atoms with Crippen LogP contribution in [0.4, 0.5) is 5.95 Å². The van der Waals surface area contributed by atoms with Crippen LogP contribution < -0.4 is 25.4 Å². The van der Waals surface area contributed by atoms with E-state index in [0.29, 0.717) is 25.0 Å². The van der Waals surface area contributed by atoms with E-state index >= 15 is 0 Å². The average molecular weight is 526 g/mol. The molecule has 0 amide bonds. The number of nitrogens with one attached hydrogen (secondary N) is 1. The molecule has 0 spiro atoms. The van der Waals surface area contributed by atoms with E-state index in [4.69, 9.17) is 15.2 Å². The minimum absolute atomic E-state index is 0. The molecule has 1 aliphatic heterocycles. The van der Waals surface area contributed by atoms with Gasteiger partial charge in [-0.15, -0.1) is 24.0 Å². The average Bonchev–Trinajstić information content (AvgIpc) is 2.78. The molecule has 3 N–H and O–H groups in total. The van der Waals surface area contributed by atoms with Gasteiger partial charge in [-0.25, -0.2) is 9.97 Å². The number of nitrogens with two attached hydrogens (primary N) is 1. The largest absolute Gasteiger partial charge is 0.493 e. The van der Waals surface area contributed by atoms with E-state index < -0.39 is 0 Å². The molecule has 2 heterocycles. The van der Waals surface area contributed by atoms with Crippen molar-refractivity contribution in [1.82, 2.24) is 15.3 Å². The van der Waals surface area contributed by atoms with Crippen molar-refractivity contribution in [3.05, 3.63) is 42.2 Å². The van der Waals surface area contributed by atoms with Crippen LogP contribution in [-0.2, 0) is 6.42 Å². The first-order valence-electron chi connectivity index (χ1n) is 9.96. The lowest BCUT2D eigenvalue weighted by Gasteiger charge is -2.31. The van der Waals surface area contributed by atoms with E-state index in [1.54, 1.807) is 26.6 Å². The van der Waals surface area contributed by atoms with Gasteiger partial charge in [0.1, 0.15) is 0 Å². The van der Waals surface area contributed by atoms with Gasteiger partial charge in [0.05, 0.1) is 14.2 Å². The Labute approximate surface area is 195 Å². The molecule has 164 valence electrons. The van der Waals surface area contributed by atoms with E-state index in [0.717, 1.165) is 55.4 Å². The number of aromatic nitrogens is 2. The first kappa shape index (κ1) is 24.0. The van der Waals surface area contributed by atoms with Crippen molar-refractivity contribution in [3.8, 4) is 11.5 Å². The standard InChI is InChI=1S/C21H30N6O2.HI/c1-28-18-7-6-16(13-19(18)29-2)8-11-23-20(22)26-14-17-5-3-12-27(15-17)21-24-9-4-10-25-21;/h4,6-7,9-10,13,17H,3,5,8,11-12,14-15H2,1-2H3,(H3,22,23,26);1H. The number of nitrogens with zero attached hydrogens (tertiary/aromatic N) is 4. The molecular formula is C21H31IN6O2. The van der Waals surface area contributed by atoms with Gasteiger partial charge in [0.2, 0.25) is 5.95 Å². The predicted molar refractivity (Wildman–Crippen MR) is 130 cm³/mol. The molecule has 30 heavy (non-hydrogen) atoms. The summed E-state index contributed by atoms with van der Waals surface area (Å²) in [5.74, 6) is 3.20. The lowest BCUT2D eigenvalue weighted by Crippen LogP contribution is -2.39. The highest BCUT2D eigenvalue weighted by molar-refractivity contribution is 14.0. The maximum Gasteiger partial charge on any atom is 0.225 e. The molecule has 9 heteroatoms. The molecule has 1 saturated heterocycles. The van der Waals surface area contributed by atoms with E-state index in [1.807, 2.05) is 24.3 Å². The second-order valence-electron chi connectivity index (χ2n) is 7.10. The van der Waals surface area contributed by atoms with Crippen molar-refractivity contribution in [2.45, 2.75) is 19.3 Å². The highest BCUT2D eigenvalue weighted by Gasteiger charge is 2.21. The van der Waals surface area contributed by atoms with Crippen LogP contribution in [0, 0.1) is 5.92 Å². The van der Waals surface area contributed by atoms with Gasteiger partial charge in [-0.3, -0.25) is 4.99 Å². The normalized spacial score (nSPS) is 16.5. The number of hydrogen-bond donors (Lipinski definition) is 2. The molecular weight excluding hydrogens is 495 g/mol. The monoisotopic (exact) mass is 526 g/mol. The number of anilines is 1. The van der Waals surface area contributed by atoms with Crippen LogP contribution in [-0.4, -0.2) is 56.3 Å². The van der Waals surface area contributed by atoms with Gasteiger partial charge in [0.15, 0.2) is 17.5 Å². The molecule has 1 aromatic carbocycles. The number of hydrogen-bond acceptors (Lipinski definition) is 6. The zero-order valence-electron chi connectivity index (χ0n) is 17.6. The van der Waals surface area contributed by atoms with Crippen molar-refractivity contribution < 1.29 is 9.47 Å². The maximum absolute atomic E-state index is 6.06. The summed E-state index contributed by atoms with van der Waals surface area (Å²) in [4.78, 5) is 15.5. The first-order valence-corrected chi connectivity index (χ1v) is 9.96. The molecule has 0 aliphatic carbocycles. The molecule has 0 saturated carbocycles. The van der Waals surface area contributed by atoms with Crippen LogP contribution in [0.2, 0.25) is 0 Å². The van der Waals surface area contributed by atoms with Gasteiger partial charge in [0.25, 0.3) is 0 Å². The summed E-state index contributed by atoms with van der Waals surface area (Å²) < 4.78 is 10.6. The molecule has 1 fully saturated rings. The second kappa shape index (κ2) is 12.4.